The van der Waals surface area contributed by atoms with Gasteiger partial charge in [0.2, 0.25) is 65.0 Å². The number of nitrogens with zero attached hydrogens (tertiary/aromatic N) is 3. The Morgan fingerprint density at radius 2 is 1.19 bits per heavy atom. The van der Waals surface area contributed by atoms with E-state index in [4.69, 9.17) is 5.73 Å². The summed E-state index contributed by atoms with van der Waals surface area (Å²) in [6.45, 7) is 9.93. The zero-order valence-electron chi connectivity index (χ0n) is 54.9. The minimum atomic E-state index is -1.71. The first-order valence-electron chi connectivity index (χ1n) is 32.7. The molecule has 0 spiro atoms. The first-order chi connectivity index (χ1) is 44.6. The van der Waals surface area contributed by atoms with E-state index >= 15 is 14.4 Å². The van der Waals surface area contributed by atoms with E-state index in [0.29, 0.717) is 30.4 Å². The van der Waals surface area contributed by atoms with Gasteiger partial charge in [-0.3, -0.25) is 62.3 Å². The molecule has 2 heterocycles. The number of likely N-dealkylation sites (tertiary alicyclic amines) is 2. The van der Waals surface area contributed by atoms with Gasteiger partial charge in [0.15, 0.2) is 0 Å². The van der Waals surface area contributed by atoms with E-state index in [1.807, 2.05) is 13.8 Å². The van der Waals surface area contributed by atoms with Gasteiger partial charge in [-0.25, -0.2) is 0 Å². The molecule has 27 nitrogen and oxygen atoms in total. The number of carboxylic acids is 2. The second kappa shape index (κ2) is 37.1. The van der Waals surface area contributed by atoms with E-state index in [-0.39, 0.29) is 62.8 Å². The van der Waals surface area contributed by atoms with Crippen LogP contribution in [0.3, 0.4) is 0 Å². The molecule has 3 aliphatic rings. The average molecular weight is 1330 g/mol. The summed E-state index contributed by atoms with van der Waals surface area (Å²) in [5, 5.41) is 48.6. The van der Waals surface area contributed by atoms with Gasteiger partial charge in [0, 0.05) is 51.6 Å². The molecule has 1 unspecified atom stereocenters. The molecule has 2 saturated heterocycles. The van der Waals surface area contributed by atoms with Gasteiger partial charge in [-0.05, 0) is 67.4 Å². The molecule has 3 fully saturated rings. The topological polar surface area (TPSA) is 403 Å². The van der Waals surface area contributed by atoms with Crippen LogP contribution in [-0.4, -0.2) is 199 Å². The number of carbonyl (C=O) groups is 13. The van der Waals surface area contributed by atoms with E-state index in [2.05, 4.69) is 49.8 Å². The second-order valence-corrected chi connectivity index (χ2v) is 25.8. The summed E-state index contributed by atoms with van der Waals surface area (Å²) in [7, 11) is 1.43. The third-order valence-electron chi connectivity index (χ3n) is 17.8. The number of thiol groups is 1. The quantitative estimate of drug-likeness (QED) is 0.0436. The Hall–Kier alpha value is -8.14. The van der Waals surface area contributed by atoms with Crippen LogP contribution in [0.5, 0.6) is 0 Å². The molecule has 0 aromatic heterocycles. The number of nitrogens with one attached hydrogen (secondary N) is 7. The molecular weight excluding hydrogens is 1230 g/mol. The molecule has 11 amide bonds. The molecule has 94 heavy (non-hydrogen) atoms. The fraction of sp³-hybridized carbons (Fsp3) is 0.621. The lowest BCUT2D eigenvalue weighted by Crippen LogP contribution is -2.62. The number of carbonyl (C=O) groups excluding carboxylic acids is 11. The third kappa shape index (κ3) is 22.0. The summed E-state index contributed by atoms with van der Waals surface area (Å²) in [6.07, 6.45) is 2.70. The Bertz CT molecular complexity index is 2920. The van der Waals surface area contributed by atoms with Crippen molar-refractivity contribution in [1.82, 2.24) is 51.9 Å². The van der Waals surface area contributed by atoms with Crippen LogP contribution in [0.1, 0.15) is 161 Å². The monoisotopic (exact) mass is 1330 g/mol. The summed E-state index contributed by atoms with van der Waals surface area (Å²) < 4.78 is 0. The zero-order chi connectivity index (χ0) is 69.5. The molecule has 2 aromatic rings. The molecule has 2 aromatic carbocycles. The molecule has 5 rings (SSSR count). The number of hydrogen-bond acceptors (Lipinski definition) is 15. The Morgan fingerprint density at radius 3 is 1.73 bits per heavy atom. The predicted molar refractivity (Wildman–Crippen MR) is 349 cm³/mol. The van der Waals surface area contributed by atoms with Crippen molar-refractivity contribution in [3.05, 3.63) is 71.8 Å². The maximum atomic E-state index is 15.5. The molecule has 1 saturated carbocycles. The van der Waals surface area contributed by atoms with Crippen LogP contribution in [-0.2, 0) is 62.3 Å². The van der Waals surface area contributed by atoms with Gasteiger partial charge in [-0.1, -0.05) is 140 Å². The number of carboxylic acid groups (broad SMARTS) is 2. The van der Waals surface area contributed by atoms with Crippen molar-refractivity contribution in [2.75, 3.05) is 25.9 Å². The highest BCUT2D eigenvalue weighted by Gasteiger charge is 2.46. The highest BCUT2D eigenvalue weighted by atomic mass is 32.1. The maximum Gasteiger partial charge on any atom is 0.305 e. The Labute approximate surface area is 554 Å². The summed E-state index contributed by atoms with van der Waals surface area (Å²) in [6, 6.07) is 3.73. The predicted octanol–water partition coefficient (Wildman–Crippen LogP) is 1.63. The van der Waals surface area contributed by atoms with Crippen molar-refractivity contribution < 1.29 is 77.6 Å². The fourth-order valence-corrected chi connectivity index (χ4v) is 12.9. The Morgan fingerprint density at radius 1 is 0.628 bits per heavy atom. The molecule has 0 bridgehead atoms. The smallest absolute Gasteiger partial charge is 0.305 e. The summed E-state index contributed by atoms with van der Waals surface area (Å²) in [4.78, 5) is 183. The molecule has 518 valence electrons. The molecule has 1 aliphatic carbocycles. The lowest BCUT2D eigenvalue weighted by atomic mass is 9.83. The van der Waals surface area contributed by atoms with Crippen LogP contribution >= 0.6 is 12.6 Å². The van der Waals surface area contributed by atoms with Gasteiger partial charge in [-0.2, -0.15) is 12.6 Å². The number of aliphatic hydroxyl groups excluding tert-OH is 1. The number of hydrogen-bond donors (Lipinski definition) is 12. The van der Waals surface area contributed by atoms with Crippen LogP contribution in [0.4, 0.5) is 0 Å². The average Bonchev–Trinajstić information content (AvgIpc) is 1.29. The first kappa shape index (κ1) is 76.6. The number of aliphatic carboxylic acids is 2. The normalized spacial score (nSPS) is 19.4. The lowest BCUT2D eigenvalue weighted by molar-refractivity contribution is -0.146. The zero-order valence-corrected chi connectivity index (χ0v) is 55.8. The summed E-state index contributed by atoms with van der Waals surface area (Å²) >= 11 is 4.51. The number of amides is 11. The van der Waals surface area contributed by atoms with Gasteiger partial charge >= 0.3 is 11.9 Å². The number of likely N-dealkylation sites (N-methyl/N-ethyl adjacent to an activating group) is 1. The van der Waals surface area contributed by atoms with Crippen molar-refractivity contribution >= 4 is 89.5 Å². The van der Waals surface area contributed by atoms with Crippen molar-refractivity contribution in [3.63, 3.8) is 0 Å². The maximum absolute atomic E-state index is 15.5. The van der Waals surface area contributed by atoms with Crippen LogP contribution < -0.4 is 43.0 Å². The molecule has 12 atom stereocenters. The highest BCUT2D eigenvalue weighted by Crippen LogP contribution is 2.32. The Balaban J connectivity index is 1.44. The second-order valence-electron chi connectivity index (χ2n) is 25.5. The number of benzene rings is 2. The van der Waals surface area contributed by atoms with Crippen LogP contribution in [0, 0.1) is 17.8 Å². The highest BCUT2D eigenvalue weighted by molar-refractivity contribution is 7.80. The standard InChI is InChI=1S/C66H97N11O16S/c1-8-20-45(64(91)77-35-43(79)33-51(77)62(89)71-46(57(67)84)31-37(3)4)70-60(87)49-27-19-30-76(49)65(92)48(36-94)72-61(88)50(32-40-21-13-10-14-22-40)75(7)66(93)55(38(5)9-2)73-63(90)56(54(41-23-15-11-16-24-41)42-25-17-12-18-26-42)74-58(85)44(28-29-52(80)81)69-59(86)47(34-53(82)83)68-39(6)78/h11-12,15-18,23-26,37-38,40,43-51,54-56,79,94H,8-10,13-14,19-22,27-36H2,1-7H3,(H2,67,84)(H,68,78)(H,69,86)(H,70,87)(H,71,89)(H,72,88)(H,73,90)(H,74,85)(H,80,81)(H,82,83)/t38-,43?,44-,45-,46-,47-,48-,49-,50-,51-,55-,56-/m0/s1. The van der Waals surface area contributed by atoms with E-state index < -0.39 is 175 Å². The molecule has 28 heteroatoms. The van der Waals surface area contributed by atoms with Crippen molar-refractivity contribution in [2.45, 2.75) is 217 Å². The first-order valence-corrected chi connectivity index (χ1v) is 33.3. The van der Waals surface area contributed by atoms with Crippen molar-refractivity contribution in [1.29, 1.82) is 0 Å². The molecule has 12 N–H and O–H groups in total. The SMILES string of the molecule is CCC[C@H](NC(=O)[C@@H]1CCCN1C(=O)[C@H](CS)NC(=O)[C@H](CC1CCCCC1)N(C)C(=O)[C@@H](NC(=O)[C@@H](NC(=O)[C@H](CCC(=O)O)NC(=O)[C@H](CC(=O)O)NC(C)=O)C(c1ccccc1)c1ccccc1)[C@@H](C)CC)C(=O)N1CC(O)C[C@H]1C(=O)N[C@@H](CC(C)C)C(N)=O. The van der Waals surface area contributed by atoms with Crippen molar-refractivity contribution in [2.24, 2.45) is 23.5 Å². The van der Waals surface area contributed by atoms with Gasteiger partial charge in [-0.15, -0.1) is 0 Å². The van der Waals surface area contributed by atoms with Crippen LogP contribution in [0.25, 0.3) is 0 Å². The molecule has 0 radical (unpaired) electrons. The Kier molecular flexibility index (Phi) is 30.2. The van der Waals surface area contributed by atoms with Gasteiger partial charge in [0.05, 0.1) is 12.5 Å². The van der Waals surface area contributed by atoms with Crippen LogP contribution in [0.2, 0.25) is 0 Å². The number of β-amino-alcohol motifs (C(OH)–C–C–N with tert-alkyl or cyclic N) is 1. The summed E-state index contributed by atoms with van der Waals surface area (Å²) in [5.41, 5.74) is 6.62. The lowest BCUT2D eigenvalue weighted by Gasteiger charge is -2.37. The van der Waals surface area contributed by atoms with Crippen molar-refractivity contribution in [3.8, 4) is 0 Å². The van der Waals surface area contributed by atoms with E-state index in [1.165, 1.54) is 21.7 Å². The number of aliphatic hydroxyl groups is 1. The third-order valence-corrected chi connectivity index (χ3v) is 18.2. The minimum absolute atomic E-state index is 0.00908. The van der Waals surface area contributed by atoms with Gasteiger partial charge < -0.3 is 73.0 Å². The largest absolute Gasteiger partial charge is 0.481 e. The van der Waals surface area contributed by atoms with Crippen LogP contribution in [0.15, 0.2) is 60.7 Å². The number of nitrogens with two attached hydrogens (primary N) is 1. The van der Waals surface area contributed by atoms with Gasteiger partial charge in [0.1, 0.15) is 60.4 Å². The minimum Gasteiger partial charge on any atom is -0.481 e. The molecular formula is C66H97N11O16S. The van der Waals surface area contributed by atoms with Gasteiger partial charge in [0.25, 0.3) is 0 Å². The fourth-order valence-electron chi connectivity index (χ4n) is 12.6. The summed E-state index contributed by atoms with van der Waals surface area (Å²) in [5.74, 6) is -13.4. The van der Waals surface area contributed by atoms with E-state index in [1.54, 1.807) is 81.4 Å². The number of primary amides is 1. The number of rotatable bonds is 35. The van der Waals surface area contributed by atoms with E-state index in [0.717, 1.165) is 39.0 Å². The van der Waals surface area contributed by atoms with E-state index in [9.17, 15) is 63.3 Å². The molecule has 2 aliphatic heterocycles.